The molecule has 9 nitrogen and oxygen atoms in total. The van der Waals surface area contributed by atoms with E-state index in [9.17, 15) is 24.3 Å². The van der Waals surface area contributed by atoms with Gasteiger partial charge in [0.05, 0.1) is 5.92 Å². The third kappa shape index (κ3) is 10.4. The van der Waals surface area contributed by atoms with Crippen molar-refractivity contribution in [2.24, 2.45) is 29.4 Å². The first kappa shape index (κ1) is 33.1. The number of carboxylic acid groups (broad SMARTS) is 1. The van der Waals surface area contributed by atoms with Crippen LogP contribution in [0.3, 0.4) is 0 Å². The first-order chi connectivity index (χ1) is 17.7. The number of carbonyl (C=O) groups excluding carboxylic acids is 3. The minimum Gasteiger partial charge on any atom is -0.480 e. The number of rotatable bonds is 15. The molecular weight excluding hydrogens is 490 g/mol. The second-order valence-electron chi connectivity index (χ2n) is 10.9. The zero-order valence-electron chi connectivity index (χ0n) is 24.0. The summed E-state index contributed by atoms with van der Waals surface area (Å²) in [7, 11) is 0. The van der Waals surface area contributed by atoms with E-state index in [0.717, 1.165) is 6.42 Å². The molecule has 214 valence electrons. The van der Waals surface area contributed by atoms with Crippen molar-refractivity contribution < 1.29 is 38.5 Å². The maximum atomic E-state index is 12.5. The molecule has 0 saturated heterocycles. The summed E-state index contributed by atoms with van der Waals surface area (Å²) < 4.78 is 16.7. The minimum absolute atomic E-state index is 0.00117. The van der Waals surface area contributed by atoms with Crippen LogP contribution in [0.25, 0.3) is 0 Å². The highest BCUT2D eigenvalue weighted by atomic mass is 16.6. The van der Waals surface area contributed by atoms with Crippen molar-refractivity contribution in [1.29, 1.82) is 0 Å². The second-order valence-corrected chi connectivity index (χ2v) is 10.9. The van der Waals surface area contributed by atoms with Gasteiger partial charge in [0, 0.05) is 24.7 Å². The molecule has 1 aromatic rings. The molecule has 0 aliphatic rings. The third-order valence-electron chi connectivity index (χ3n) is 6.36. The maximum absolute atomic E-state index is 12.5. The molecule has 5 atom stereocenters. The van der Waals surface area contributed by atoms with Gasteiger partial charge in [-0.3, -0.25) is 19.2 Å². The van der Waals surface area contributed by atoms with Gasteiger partial charge in [0.25, 0.3) is 0 Å². The number of carbonyl (C=O) groups is 4. The monoisotopic (exact) mass is 535 g/mol. The van der Waals surface area contributed by atoms with Crippen molar-refractivity contribution >= 4 is 23.9 Å². The van der Waals surface area contributed by atoms with Gasteiger partial charge in [-0.15, -0.1) is 0 Å². The lowest BCUT2D eigenvalue weighted by atomic mass is 9.79. The topological polar surface area (TPSA) is 142 Å². The Kier molecular flexibility index (Phi) is 13.5. The molecule has 9 heteroatoms. The van der Waals surface area contributed by atoms with Gasteiger partial charge in [-0.05, 0) is 42.9 Å². The van der Waals surface area contributed by atoms with Crippen molar-refractivity contribution in [3.63, 3.8) is 0 Å². The molecule has 0 aliphatic heterocycles. The highest BCUT2D eigenvalue weighted by Gasteiger charge is 2.36. The highest BCUT2D eigenvalue weighted by Crippen LogP contribution is 2.37. The van der Waals surface area contributed by atoms with Crippen LogP contribution in [0.15, 0.2) is 18.2 Å². The van der Waals surface area contributed by atoms with Crippen LogP contribution in [-0.2, 0) is 23.9 Å². The van der Waals surface area contributed by atoms with E-state index in [0.29, 0.717) is 12.0 Å². The molecule has 0 aromatic heterocycles. The Balaban J connectivity index is 3.43. The predicted molar refractivity (Wildman–Crippen MR) is 144 cm³/mol. The van der Waals surface area contributed by atoms with Crippen molar-refractivity contribution in [3.05, 3.63) is 23.8 Å². The van der Waals surface area contributed by atoms with Crippen LogP contribution in [0.1, 0.15) is 92.6 Å². The van der Waals surface area contributed by atoms with Gasteiger partial charge in [-0.25, -0.2) is 0 Å². The largest absolute Gasteiger partial charge is 0.480 e. The van der Waals surface area contributed by atoms with Crippen LogP contribution in [0, 0.1) is 23.7 Å². The molecule has 0 spiro atoms. The van der Waals surface area contributed by atoms with Gasteiger partial charge in [0.15, 0.2) is 11.5 Å². The van der Waals surface area contributed by atoms with Gasteiger partial charge in [0.2, 0.25) is 0 Å². The lowest BCUT2D eigenvalue weighted by molar-refractivity contribution is -0.156. The number of hydrogen-bond donors (Lipinski definition) is 2. The minimum atomic E-state index is -1.34. The summed E-state index contributed by atoms with van der Waals surface area (Å²) in [5.41, 5.74) is 6.58. The molecule has 0 fully saturated rings. The Labute approximate surface area is 226 Å². The van der Waals surface area contributed by atoms with Gasteiger partial charge in [-0.2, -0.15) is 0 Å². The quantitative estimate of drug-likeness (QED) is 0.232. The van der Waals surface area contributed by atoms with E-state index in [2.05, 4.69) is 0 Å². The molecule has 1 aromatic carbocycles. The van der Waals surface area contributed by atoms with E-state index >= 15 is 0 Å². The van der Waals surface area contributed by atoms with Gasteiger partial charge in [0.1, 0.15) is 12.1 Å². The maximum Gasteiger partial charge on any atom is 0.321 e. The van der Waals surface area contributed by atoms with Gasteiger partial charge >= 0.3 is 23.9 Å². The Hall–Kier alpha value is -2.94. The third-order valence-corrected chi connectivity index (χ3v) is 6.36. The molecule has 0 radical (unpaired) electrons. The number of aliphatic carboxylic acids is 1. The number of ether oxygens (including phenoxy) is 3. The van der Waals surface area contributed by atoms with E-state index in [1.165, 1.54) is 12.1 Å². The molecule has 4 unspecified atom stereocenters. The first-order valence-corrected chi connectivity index (χ1v) is 13.4. The smallest absolute Gasteiger partial charge is 0.321 e. The Morgan fingerprint density at radius 1 is 0.868 bits per heavy atom. The van der Waals surface area contributed by atoms with Crippen LogP contribution in [0.4, 0.5) is 0 Å². The standard InChI is InChI=1S/C29H45NO8/c1-9-10-18(6)29(35)36-20(8)19(7)26(27(30)28(33)34)21-11-12-22(37-24(31)13-16(2)3)23(15-21)38-25(32)14-17(4)5/h11-12,15-20,26-27H,9-10,13-14,30H2,1-8H3,(H,33,34)/t18?,19?,20?,26?,27-/m0/s1. The number of hydrogen-bond acceptors (Lipinski definition) is 8. The lowest BCUT2D eigenvalue weighted by Crippen LogP contribution is -2.43. The van der Waals surface area contributed by atoms with E-state index in [4.69, 9.17) is 19.9 Å². The summed E-state index contributed by atoms with van der Waals surface area (Å²) >= 11 is 0. The number of esters is 3. The molecule has 0 aliphatic carbocycles. The Bertz CT molecular complexity index is 958. The average Bonchev–Trinajstić information content (AvgIpc) is 2.79. The van der Waals surface area contributed by atoms with Crippen LogP contribution in [0.5, 0.6) is 11.5 Å². The highest BCUT2D eigenvalue weighted by molar-refractivity contribution is 5.77. The zero-order chi connectivity index (χ0) is 29.2. The summed E-state index contributed by atoms with van der Waals surface area (Å²) in [6.07, 6.45) is 1.18. The SMILES string of the molecule is CCCC(C)C(=O)OC(C)C(C)C(c1ccc(OC(=O)CC(C)C)c(OC(=O)CC(C)C)c1)[C@H](N)C(=O)O. The van der Waals surface area contributed by atoms with Crippen molar-refractivity contribution in [1.82, 2.24) is 0 Å². The normalized spacial score (nSPS) is 15.3. The Morgan fingerprint density at radius 3 is 1.87 bits per heavy atom. The molecule has 0 amide bonds. The van der Waals surface area contributed by atoms with Gasteiger partial charge in [-0.1, -0.05) is 61.0 Å². The van der Waals surface area contributed by atoms with Crippen molar-refractivity contribution in [2.75, 3.05) is 0 Å². The van der Waals surface area contributed by atoms with E-state index in [-0.39, 0.29) is 48.1 Å². The summed E-state index contributed by atoms with van der Waals surface area (Å²) in [6.45, 7) is 14.7. The molecule has 0 bridgehead atoms. The van der Waals surface area contributed by atoms with Crippen molar-refractivity contribution in [3.8, 4) is 11.5 Å². The van der Waals surface area contributed by atoms with Crippen LogP contribution < -0.4 is 15.2 Å². The predicted octanol–water partition coefficient (Wildman–Crippen LogP) is 5.09. The van der Waals surface area contributed by atoms with E-state index in [1.54, 1.807) is 26.8 Å². The molecule has 1 rings (SSSR count). The average molecular weight is 536 g/mol. The number of benzene rings is 1. The fourth-order valence-electron chi connectivity index (χ4n) is 4.13. The molecule has 3 N–H and O–H groups in total. The van der Waals surface area contributed by atoms with Crippen LogP contribution in [-0.4, -0.2) is 41.1 Å². The molecular formula is C29H45NO8. The summed E-state index contributed by atoms with van der Waals surface area (Å²) in [5, 5.41) is 9.77. The fraction of sp³-hybridized carbons (Fsp3) is 0.655. The number of nitrogens with two attached hydrogens (primary N) is 1. The second kappa shape index (κ2) is 15.5. The summed E-state index contributed by atoms with van der Waals surface area (Å²) in [6, 6.07) is 3.21. The van der Waals surface area contributed by atoms with Crippen molar-refractivity contribution in [2.45, 2.75) is 99.1 Å². The number of carboxylic acids is 1. The summed E-state index contributed by atoms with van der Waals surface area (Å²) in [5.74, 6) is -4.02. The van der Waals surface area contributed by atoms with E-state index in [1.807, 2.05) is 34.6 Å². The van der Waals surface area contributed by atoms with Crippen LogP contribution in [0.2, 0.25) is 0 Å². The van der Waals surface area contributed by atoms with Crippen LogP contribution >= 0.6 is 0 Å². The molecule has 38 heavy (non-hydrogen) atoms. The lowest BCUT2D eigenvalue weighted by Gasteiger charge is -2.32. The fourth-order valence-corrected chi connectivity index (χ4v) is 4.13. The van der Waals surface area contributed by atoms with Gasteiger partial charge < -0.3 is 25.1 Å². The Morgan fingerprint density at radius 2 is 1.39 bits per heavy atom. The molecule has 0 heterocycles. The zero-order valence-corrected chi connectivity index (χ0v) is 24.0. The van der Waals surface area contributed by atoms with E-state index < -0.39 is 41.9 Å². The molecule has 0 saturated carbocycles. The first-order valence-electron chi connectivity index (χ1n) is 13.4. The summed E-state index contributed by atoms with van der Waals surface area (Å²) in [4.78, 5) is 49.3.